The summed E-state index contributed by atoms with van der Waals surface area (Å²) in [5.41, 5.74) is 16.4. The van der Waals surface area contributed by atoms with E-state index in [1.54, 1.807) is 11.8 Å². The van der Waals surface area contributed by atoms with E-state index in [1.807, 2.05) is 24.3 Å². The highest BCUT2D eigenvalue weighted by molar-refractivity contribution is 7.98. The van der Waals surface area contributed by atoms with E-state index in [1.165, 1.54) is 27.4 Å². The highest BCUT2D eigenvalue weighted by atomic mass is 32.2. The number of thioether (sulfide) groups is 1. The molecule has 0 saturated heterocycles. The molecule has 0 unspecified atom stereocenters. The molecule has 3 nitrogen and oxygen atoms in total. The highest BCUT2D eigenvalue weighted by Gasteiger charge is 2.19. The first kappa shape index (κ1) is 23.9. The Labute approximate surface area is 241 Å². The van der Waals surface area contributed by atoms with Crippen molar-refractivity contribution in [3.63, 3.8) is 0 Å². The number of furan rings is 1. The van der Waals surface area contributed by atoms with Gasteiger partial charge < -0.3 is 14.7 Å². The molecular formula is C37H26N2OS. The Kier molecular flexibility index (Phi) is 5.61. The van der Waals surface area contributed by atoms with Crippen molar-refractivity contribution in [3.8, 4) is 16.8 Å². The van der Waals surface area contributed by atoms with Gasteiger partial charge in [-0.25, -0.2) is 0 Å². The third-order valence-electron chi connectivity index (χ3n) is 7.90. The molecule has 0 fully saturated rings. The SMILES string of the molecule is Nc1c(SCc2ccc(-n3c4ccccc4c4ccccc43)cc2)cc(-c2ccccc2)c2oc3ccccc3c12. The standard InChI is InChI=1S/C37H26N2OS/c38-36-34(22-30(25-10-2-1-3-11-25)37-35(36)29-14-6-9-17-33(29)40-37)41-23-24-18-20-26(21-19-24)39-31-15-7-4-12-27(31)28-13-5-8-16-32(28)39/h1-22H,23,38H2. The Morgan fingerprint density at radius 2 is 1.24 bits per heavy atom. The summed E-state index contributed by atoms with van der Waals surface area (Å²) in [6, 6.07) is 46.9. The zero-order valence-electron chi connectivity index (χ0n) is 22.2. The van der Waals surface area contributed by atoms with Gasteiger partial charge in [-0.15, -0.1) is 11.8 Å². The second-order valence-electron chi connectivity index (χ2n) is 10.3. The van der Waals surface area contributed by atoms with Crippen LogP contribution in [0.2, 0.25) is 0 Å². The quantitative estimate of drug-likeness (QED) is 0.172. The summed E-state index contributed by atoms with van der Waals surface area (Å²) in [6.45, 7) is 0. The average Bonchev–Trinajstić information content (AvgIpc) is 3.58. The van der Waals surface area contributed by atoms with E-state index in [4.69, 9.17) is 10.2 Å². The molecule has 2 heterocycles. The van der Waals surface area contributed by atoms with Gasteiger partial charge >= 0.3 is 0 Å². The van der Waals surface area contributed by atoms with Crippen molar-refractivity contribution in [2.75, 3.05) is 5.73 Å². The molecule has 0 aliphatic rings. The lowest BCUT2D eigenvalue weighted by atomic mass is 10.0. The van der Waals surface area contributed by atoms with Gasteiger partial charge in [-0.2, -0.15) is 0 Å². The van der Waals surface area contributed by atoms with Crippen LogP contribution in [0.25, 0.3) is 60.6 Å². The minimum atomic E-state index is 0.775. The molecule has 0 aliphatic carbocycles. The summed E-state index contributed by atoms with van der Waals surface area (Å²) >= 11 is 1.77. The molecule has 196 valence electrons. The van der Waals surface area contributed by atoms with Crippen LogP contribution in [-0.4, -0.2) is 4.57 Å². The van der Waals surface area contributed by atoms with Crippen LogP contribution in [0.5, 0.6) is 0 Å². The molecule has 0 aliphatic heterocycles. The van der Waals surface area contributed by atoms with Crippen LogP contribution < -0.4 is 5.73 Å². The number of para-hydroxylation sites is 3. The number of fused-ring (bicyclic) bond motifs is 6. The Bertz CT molecular complexity index is 2160. The van der Waals surface area contributed by atoms with Crippen molar-refractivity contribution in [2.45, 2.75) is 10.6 Å². The lowest BCUT2D eigenvalue weighted by Crippen LogP contribution is -1.95. The summed E-state index contributed by atoms with van der Waals surface area (Å²) in [7, 11) is 0. The molecule has 0 bridgehead atoms. The maximum atomic E-state index is 6.85. The third-order valence-corrected chi connectivity index (χ3v) is 9.03. The molecule has 4 heteroatoms. The molecular weight excluding hydrogens is 520 g/mol. The molecule has 0 spiro atoms. The fourth-order valence-corrected chi connectivity index (χ4v) is 6.93. The van der Waals surface area contributed by atoms with Gasteiger partial charge in [-0.1, -0.05) is 97.1 Å². The van der Waals surface area contributed by atoms with Gasteiger partial charge in [0.15, 0.2) is 0 Å². The number of nitrogens with zero attached hydrogens (tertiary/aromatic N) is 1. The second kappa shape index (κ2) is 9.61. The van der Waals surface area contributed by atoms with Gasteiger partial charge in [0.25, 0.3) is 0 Å². The Morgan fingerprint density at radius 3 is 1.95 bits per heavy atom. The van der Waals surface area contributed by atoms with Crippen molar-refractivity contribution in [2.24, 2.45) is 0 Å². The molecule has 41 heavy (non-hydrogen) atoms. The van der Waals surface area contributed by atoms with E-state index >= 15 is 0 Å². The largest absolute Gasteiger partial charge is 0.455 e. The molecule has 0 atom stereocenters. The zero-order chi connectivity index (χ0) is 27.3. The van der Waals surface area contributed by atoms with Crippen molar-refractivity contribution in [1.29, 1.82) is 0 Å². The zero-order valence-corrected chi connectivity index (χ0v) is 23.1. The maximum Gasteiger partial charge on any atom is 0.145 e. The monoisotopic (exact) mass is 546 g/mol. The van der Waals surface area contributed by atoms with Crippen LogP contribution in [0, 0.1) is 0 Å². The van der Waals surface area contributed by atoms with E-state index in [0.29, 0.717) is 0 Å². The van der Waals surface area contributed by atoms with Crippen molar-refractivity contribution in [3.05, 3.63) is 139 Å². The smallest absolute Gasteiger partial charge is 0.145 e. The van der Waals surface area contributed by atoms with Crippen molar-refractivity contribution < 1.29 is 4.42 Å². The summed E-state index contributed by atoms with van der Waals surface area (Å²) in [6.07, 6.45) is 0. The number of anilines is 1. The first-order valence-electron chi connectivity index (χ1n) is 13.8. The van der Waals surface area contributed by atoms with Gasteiger partial charge in [0, 0.05) is 38.1 Å². The predicted octanol–water partition coefficient (Wildman–Crippen LogP) is 10.2. The van der Waals surface area contributed by atoms with E-state index in [-0.39, 0.29) is 0 Å². The minimum absolute atomic E-state index is 0.775. The number of benzene rings is 6. The first-order valence-corrected chi connectivity index (χ1v) is 14.7. The topological polar surface area (TPSA) is 44.1 Å². The van der Waals surface area contributed by atoms with E-state index in [2.05, 4.69) is 114 Å². The van der Waals surface area contributed by atoms with Crippen molar-refractivity contribution in [1.82, 2.24) is 4.57 Å². The number of nitrogen functional groups attached to an aromatic ring is 1. The molecule has 8 rings (SSSR count). The van der Waals surface area contributed by atoms with Gasteiger partial charge in [-0.3, -0.25) is 0 Å². The Balaban J connectivity index is 1.17. The molecule has 6 aromatic carbocycles. The summed E-state index contributed by atoms with van der Waals surface area (Å²) in [5.74, 6) is 0.813. The molecule has 8 aromatic rings. The van der Waals surface area contributed by atoms with Gasteiger partial charge in [0.05, 0.1) is 22.1 Å². The maximum absolute atomic E-state index is 6.85. The molecule has 2 aromatic heterocycles. The van der Waals surface area contributed by atoms with Crippen LogP contribution in [0.4, 0.5) is 5.69 Å². The minimum Gasteiger partial charge on any atom is -0.455 e. The Morgan fingerprint density at radius 1 is 0.634 bits per heavy atom. The van der Waals surface area contributed by atoms with Crippen LogP contribution in [0.15, 0.2) is 143 Å². The van der Waals surface area contributed by atoms with E-state index in [9.17, 15) is 0 Å². The molecule has 2 N–H and O–H groups in total. The van der Waals surface area contributed by atoms with Gasteiger partial charge in [0.2, 0.25) is 0 Å². The van der Waals surface area contributed by atoms with Gasteiger partial charge in [0.1, 0.15) is 11.2 Å². The van der Waals surface area contributed by atoms with E-state index < -0.39 is 0 Å². The van der Waals surface area contributed by atoms with Gasteiger partial charge in [-0.05, 0) is 47.5 Å². The van der Waals surface area contributed by atoms with Crippen LogP contribution in [-0.2, 0) is 5.75 Å². The first-order chi connectivity index (χ1) is 20.3. The van der Waals surface area contributed by atoms with Crippen LogP contribution >= 0.6 is 11.8 Å². The van der Waals surface area contributed by atoms with Crippen LogP contribution in [0.1, 0.15) is 5.56 Å². The number of hydrogen-bond donors (Lipinski definition) is 1. The number of aromatic nitrogens is 1. The number of hydrogen-bond acceptors (Lipinski definition) is 3. The normalized spacial score (nSPS) is 11.7. The van der Waals surface area contributed by atoms with Crippen molar-refractivity contribution >= 4 is 61.2 Å². The third kappa shape index (κ3) is 3.91. The molecule has 0 radical (unpaired) electrons. The molecule has 0 saturated carbocycles. The fourth-order valence-electron chi connectivity index (χ4n) is 5.95. The summed E-state index contributed by atoms with van der Waals surface area (Å²) < 4.78 is 8.71. The number of nitrogens with two attached hydrogens (primary N) is 1. The second-order valence-corrected chi connectivity index (χ2v) is 11.3. The van der Waals surface area contributed by atoms with Crippen LogP contribution in [0.3, 0.4) is 0 Å². The lowest BCUT2D eigenvalue weighted by Gasteiger charge is -2.12. The fraction of sp³-hybridized carbons (Fsp3) is 0.0270. The predicted molar refractivity (Wildman–Crippen MR) is 174 cm³/mol. The van der Waals surface area contributed by atoms with E-state index in [0.717, 1.165) is 55.1 Å². The average molecular weight is 547 g/mol. The molecule has 0 amide bonds. The number of rotatable bonds is 5. The summed E-state index contributed by atoms with van der Waals surface area (Å²) in [5, 5.41) is 4.59. The lowest BCUT2D eigenvalue weighted by molar-refractivity contribution is 0.670. The summed E-state index contributed by atoms with van der Waals surface area (Å²) in [4.78, 5) is 1.06. The Hall–Kier alpha value is -4.93. The highest BCUT2D eigenvalue weighted by Crippen LogP contribution is 2.44.